The van der Waals surface area contributed by atoms with Gasteiger partial charge in [0, 0.05) is 11.6 Å². The van der Waals surface area contributed by atoms with Gasteiger partial charge in [0.1, 0.15) is 18.2 Å². The van der Waals surface area contributed by atoms with Crippen LogP contribution < -0.4 is 14.8 Å². The minimum absolute atomic E-state index is 0.0322. The largest absolute Gasteiger partial charge is 0.493 e. The maximum absolute atomic E-state index is 12.2. The van der Waals surface area contributed by atoms with Crippen molar-refractivity contribution in [3.63, 3.8) is 0 Å². The summed E-state index contributed by atoms with van der Waals surface area (Å²) in [6.45, 7) is 0.409. The van der Waals surface area contributed by atoms with Gasteiger partial charge in [-0.2, -0.15) is 5.26 Å². The average molecular weight is 391 g/mol. The van der Waals surface area contributed by atoms with Gasteiger partial charge in [-0.3, -0.25) is 10.1 Å². The smallest absolute Gasteiger partial charge is 0.268 e. The van der Waals surface area contributed by atoms with Gasteiger partial charge in [-0.25, -0.2) is 4.98 Å². The van der Waals surface area contributed by atoms with Crippen molar-refractivity contribution in [1.82, 2.24) is 4.98 Å². The van der Waals surface area contributed by atoms with Crippen molar-refractivity contribution in [1.29, 1.82) is 5.26 Å². The molecular formula is C21H17N3O3S. The summed E-state index contributed by atoms with van der Waals surface area (Å²) in [4.78, 5) is 16.2. The van der Waals surface area contributed by atoms with Crippen molar-refractivity contribution in [2.75, 3.05) is 12.4 Å². The average Bonchev–Trinajstić information content (AvgIpc) is 3.24. The zero-order chi connectivity index (χ0) is 19.8. The van der Waals surface area contributed by atoms with E-state index in [4.69, 9.17) is 9.47 Å². The molecule has 0 saturated carbocycles. The van der Waals surface area contributed by atoms with E-state index in [1.807, 2.05) is 36.4 Å². The van der Waals surface area contributed by atoms with Gasteiger partial charge >= 0.3 is 0 Å². The fourth-order valence-corrected chi connectivity index (χ4v) is 2.92. The molecule has 0 saturated heterocycles. The number of nitrogens with zero attached hydrogens (tertiary/aromatic N) is 2. The van der Waals surface area contributed by atoms with Crippen molar-refractivity contribution in [3.8, 4) is 17.6 Å². The van der Waals surface area contributed by atoms with Crippen LogP contribution in [0.4, 0.5) is 5.13 Å². The molecule has 0 radical (unpaired) electrons. The predicted molar refractivity (Wildman–Crippen MR) is 108 cm³/mol. The molecular weight excluding hydrogens is 374 g/mol. The molecule has 0 aliphatic carbocycles. The normalized spacial score (nSPS) is 10.8. The van der Waals surface area contributed by atoms with E-state index in [9.17, 15) is 10.1 Å². The zero-order valence-corrected chi connectivity index (χ0v) is 15.9. The van der Waals surface area contributed by atoms with Gasteiger partial charge in [-0.1, -0.05) is 36.4 Å². The molecule has 2 aromatic carbocycles. The first kappa shape index (κ1) is 19.1. The molecule has 0 aliphatic heterocycles. The van der Waals surface area contributed by atoms with Crippen molar-refractivity contribution < 1.29 is 14.3 Å². The van der Waals surface area contributed by atoms with Crippen LogP contribution in [0.5, 0.6) is 11.5 Å². The standard InChI is InChI=1S/C21H17N3O3S/c1-26-19-12-16(7-8-18(19)27-14-15-5-3-2-4-6-15)11-17(13-22)20(25)24-21-23-9-10-28-21/h2-12H,14H2,1H3,(H,23,24,25)/b17-11-. The minimum atomic E-state index is -0.513. The van der Waals surface area contributed by atoms with Crippen LogP contribution in [-0.2, 0) is 11.4 Å². The number of nitrogens with one attached hydrogen (secondary N) is 1. The molecule has 28 heavy (non-hydrogen) atoms. The Morgan fingerprint density at radius 2 is 2.07 bits per heavy atom. The van der Waals surface area contributed by atoms with Crippen LogP contribution in [0.1, 0.15) is 11.1 Å². The van der Waals surface area contributed by atoms with Gasteiger partial charge in [-0.05, 0) is 29.3 Å². The maximum Gasteiger partial charge on any atom is 0.268 e. The van der Waals surface area contributed by atoms with E-state index >= 15 is 0 Å². The summed E-state index contributed by atoms with van der Waals surface area (Å²) >= 11 is 1.28. The van der Waals surface area contributed by atoms with Gasteiger partial charge in [0.05, 0.1) is 7.11 Å². The lowest BCUT2D eigenvalue weighted by molar-refractivity contribution is -0.112. The van der Waals surface area contributed by atoms with Gasteiger partial charge in [0.15, 0.2) is 16.6 Å². The van der Waals surface area contributed by atoms with E-state index in [1.54, 1.807) is 36.9 Å². The Morgan fingerprint density at radius 3 is 2.75 bits per heavy atom. The minimum Gasteiger partial charge on any atom is -0.493 e. The number of amides is 1. The van der Waals surface area contributed by atoms with Crippen LogP contribution >= 0.6 is 11.3 Å². The molecule has 6 nitrogen and oxygen atoms in total. The predicted octanol–water partition coefficient (Wildman–Crippen LogP) is 4.28. The van der Waals surface area contributed by atoms with Crippen molar-refractivity contribution in [3.05, 3.63) is 76.8 Å². The molecule has 0 atom stereocenters. The summed E-state index contributed by atoms with van der Waals surface area (Å²) < 4.78 is 11.2. The van der Waals surface area contributed by atoms with E-state index in [-0.39, 0.29) is 5.57 Å². The molecule has 0 unspecified atom stereocenters. The first-order valence-electron chi connectivity index (χ1n) is 8.37. The second kappa shape index (κ2) is 9.35. The van der Waals surface area contributed by atoms with Crippen molar-refractivity contribution in [2.45, 2.75) is 6.61 Å². The van der Waals surface area contributed by atoms with Gasteiger partial charge in [0.25, 0.3) is 5.91 Å². The molecule has 1 heterocycles. The maximum atomic E-state index is 12.2. The second-order valence-electron chi connectivity index (χ2n) is 5.65. The highest BCUT2D eigenvalue weighted by molar-refractivity contribution is 7.13. The molecule has 0 spiro atoms. The Hall–Kier alpha value is -3.63. The van der Waals surface area contributed by atoms with E-state index in [0.717, 1.165) is 5.56 Å². The molecule has 1 aromatic heterocycles. The lowest BCUT2D eigenvalue weighted by atomic mass is 10.1. The number of aromatic nitrogens is 1. The van der Waals surface area contributed by atoms with E-state index in [2.05, 4.69) is 10.3 Å². The van der Waals surface area contributed by atoms with Gasteiger partial charge in [-0.15, -0.1) is 11.3 Å². The van der Waals surface area contributed by atoms with Crippen LogP contribution in [0.25, 0.3) is 6.08 Å². The number of carbonyl (C=O) groups is 1. The molecule has 1 N–H and O–H groups in total. The number of hydrogen-bond donors (Lipinski definition) is 1. The van der Waals surface area contributed by atoms with E-state index in [1.165, 1.54) is 17.4 Å². The van der Waals surface area contributed by atoms with Crippen LogP contribution in [0, 0.1) is 11.3 Å². The third-order valence-corrected chi connectivity index (χ3v) is 4.44. The molecule has 0 fully saturated rings. The molecule has 140 valence electrons. The molecule has 0 bridgehead atoms. The summed E-state index contributed by atoms with van der Waals surface area (Å²) in [5, 5.41) is 14.1. The highest BCUT2D eigenvalue weighted by atomic mass is 32.1. The Balaban J connectivity index is 1.75. The summed E-state index contributed by atoms with van der Waals surface area (Å²) in [7, 11) is 1.54. The molecule has 0 aliphatic rings. The van der Waals surface area contributed by atoms with E-state index < -0.39 is 5.91 Å². The summed E-state index contributed by atoms with van der Waals surface area (Å²) in [6, 6.07) is 16.9. The third-order valence-electron chi connectivity index (χ3n) is 3.75. The molecule has 3 aromatic rings. The number of anilines is 1. The lowest BCUT2D eigenvalue weighted by Crippen LogP contribution is -2.13. The summed E-state index contributed by atoms with van der Waals surface area (Å²) in [5.74, 6) is 0.581. The molecule has 1 amide bonds. The SMILES string of the molecule is COc1cc(/C=C(/C#N)C(=O)Nc2nccs2)ccc1OCc1ccccc1. The quantitative estimate of drug-likeness (QED) is 0.480. The topological polar surface area (TPSA) is 84.2 Å². The van der Waals surface area contributed by atoms with Crippen molar-refractivity contribution in [2.24, 2.45) is 0 Å². The Morgan fingerprint density at radius 1 is 1.25 bits per heavy atom. The monoisotopic (exact) mass is 391 g/mol. The Bertz CT molecular complexity index is 1010. The number of nitriles is 1. The Kier molecular flexibility index (Phi) is 6.39. The van der Waals surface area contributed by atoms with Crippen LogP contribution in [0.2, 0.25) is 0 Å². The molecule has 7 heteroatoms. The molecule has 3 rings (SSSR count). The number of hydrogen-bond acceptors (Lipinski definition) is 6. The van der Waals surface area contributed by atoms with Gasteiger partial charge in [0.2, 0.25) is 0 Å². The Labute approximate surface area is 166 Å². The fourth-order valence-electron chi connectivity index (χ4n) is 2.39. The number of carbonyl (C=O) groups excluding carboxylic acids is 1. The zero-order valence-electron chi connectivity index (χ0n) is 15.1. The van der Waals surface area contributed by atoms with Crippen LogP contribution in [-0.4, -0.2) is 18.0 Å². The fraction of sp³-hybridized carbons (Fsp3) is 0.0952. The summed E-state index contributed by atoms with van der Waals surface area (Å²) in [6.07, 6.45) is 3.07. The first-order chi connectivity index (χ1) is 13.7. The highest BCUT2D eigenvalue weighted by Crippen LogP contribution is 2.29. The van der Waals surface area contributed by atoms with Crippen LogP contribution in [0.15, 0.2) is 65.7 Å². The van der Waals surface area contributed by atoms with Gasteiger partial charge < -0.3 is 9.47 Å². The number of ether oxygens (including phenoxy) is 2. The van der Waals surface area contributed by atoms with Crippen molar-refractivity contribution >= 4 is 28.5 Å². The lowest BCUT2D eigenvalue weighted by Gasteiger charge is -2.11. The second-order valence-corrected chi connectivity index (χ2v) is 6.54. The number of methoxy groups -OCH3 is 1. The van der Waals surface area contributed by atoms with E-state index in [0.29, 0.717) is 28.8 Å². The third kappa shape index (κ3) is 4.96. The number of rotatable bonds is 7. The highest BCUT2D eigenvalue weighted by Gasteiger charge is 2.12. The first-order valence-corrected chi connectivity index (χ1v) is 9.25. The number of thiazole rings is 1. The number of benzene rings is 2. The summed E-state index contributed by atoms with van der Waals surface area (Å²) in [5.41, 5.74) is 1.66. The van der Waals surface area contributed by atoms with Crippen LogP contribution in [0.3, 0.4) is 0 Å².